The summed E-state index contributed by atoms with van der Waals surface area (Å²) >= 11 is 1.55. The molecule has 42 heavy (non-hydrogen) atoms. The van der Waals surface area contributed by atoms with E-state index in [2.05, 4.69) is 41.8 Å². The van der Waals surface area contributed by atoms with Crippen molar-refractivity contribution < 1.29 is 9.53 Å². The molecule has 9 heteroatoms. The maximum absolute atomic E-state index is 12.1. The molecule has 1 fully saturated rings. The molecule has 0 bridgehead atoms. The molecule has 0 spiro atoms. The lowest BCUT2D eigenvalue weighted by Crippen LogP contribution is -2.49. The van der Waals surface area contributed by atoms with Gasteiger partial charge in [-0.2, -0.15) is 0 Å². The van der Waals surface area contributed by atoms with Crippen molar-refractivity contribution in [3.8, 4) is 11.1 Å². The van der Waals surface area contributed by atoms with Gasteiger partial charge in [0, 0.05) is 36.2 Å². The number of unbranched alkanes of at least 4 members (excludes halogenated alkanes) is 1. The minimum Gasteiger partial charge on any atom is -0.377 e. The van der Waals surface area contributed by atoms with Gasteiger partial charge in [0.05, 0.1) is 28.1 Å². The van der Waals surface area contributed by atoms with E-state index in [-0.39, 0.29) is 0 Å². The fourth-order valence-electron chi connectivity index (χ4n) is 5.41. The van der Waals surface area contributed by atoms with Crippen molar-refractivity contribution in [1.82, 2.24) is 9.62 Å². The van der Waals surface area contributed by atoms with E-state index >= 15 is 0 Å². The van der Waals surface area contributed by atoms with E-state index in [1.54, 1.807) is 11.9 Å². The largest absolute Gasteiger partial charge is 0.377 e. The first kappa shape index (κ1) is 32.2. The second-order valence-corrected chi connectivity index (χ2v) is 12.2. The summed E-state index contributed by atoms with van der Waals surface area (Å²) in [5.41, 5.74) is 5.46. The Morgan fingerprint density at radius 2 is 1.90 bits per heavy atom. The van der Waals surface area contributed by atoms with Crippen molar-refractivity contribution in [3.05, 3.63) is 64.9 Å². The Bertz CT molecular complexity index is 1370. The number of allylic oxidation sites excluding steroid dienone is 1. The molecule has 4 rings (SSSR count). The second kappa shape index (κ2) is 14.1. The molecule has 2 aromatic carbocycles. The summed E-state index contributed by atoms with van der Waals surface area (Å²) in [5, 5.41) is -1.34. The van der Waals surface area contributed by atoms with Gasteiger partial charge in [-0.05, 0) is 85.6 Å². The number of nitrogens with one attached hydrogen (secondary N) is 1. The van der Waals surface area contributed by atoms with Gasteiger partial charge in [-0.25, -0.2) is 4.99 Å². The van der Waals surface area contributed by atoms with Crippen LogP contribution >= 0.6 is 11.9 Å². The van der Waals surface area contributed by atoms with Crippen LogP contribution in [-0.2, 0) is 21.5 Å². The van der Waals surface area contributed by atoms with Crippen LogP contribution in [0.25, 0.3) is 11.1 Å². The van der Waals surface area contributed by atoms with Crippen LogP contribution in [0.4, 0.5) is 0 Å². The van der Waals surface area contributed by atoms with Gasteiger partial charge in [0.15, 0.2) is 0 Å². The van der Waals surface area contributed by atoms with Gasteiger partial charge in [-0.15, -0.1) is 0 Å². The van der Waals surface area contributed by atoms with E-state index in [4.69, 9.17) is 25.4 Å². The van der Waals surface area contributed by atoms with Crippen molar-refractivity contribution in [1.29, 1.82) is 0 Å². The predicted octanol–water partition coefficient (Wildman–Crippen LogP) is 6.67. The van der Waals surface area contributed by atoms with E-state index in [0.717, 1.165) is 89.3 Å². The molecule has 4 radical (unpaired) electrons. The molecule has 2 aromatic rings. The fourth-order valence-corrected chi connectivity index (χ4v) is 6.25. The molecule has 1 saturated carbocycles. The Hall–Kier alpha value is -2.77. The number of carbonyl (C=O) groups is 1. The normalized spacial score (nSPS) is 16.7. The van der Waals surface area contributed by atoms with Gasteiger partial charge in [-0.3, -0.25) is 4.99 Å². The van der Waals surface area contributed by atoms with Gasteiger partial charge in [0.2, 0.25) is 0 Å². The molecule has 2 aliphatic rings. The molecule has 1 heterocycles. The smallest absolute Gasteiger partial charge is 0.147 e. The zero-order valence-corrected chi connectivity index (χ0v) is 26.5. The third-order valence-corrected chi connectivity index (χ3v) is 9.25. The number of hydrogen-bond donors (Lipinski definition) is 1. The highest BCUT2D eigenvalue weighted by atomic mass is 32.2. The quantitative estimate of drug-likeness (QED) is 0.0943. The highest BCUT2D eigenvalue weighted by Crippen LogP contribution is 2.37. The highest BCUT2D eigenvalue weighted by molar-refractivity contribution is 7.98. The maximum atomic E-state index is 12.1. The number of nitrogens with zero attached hydrogens (tertiary/aromatic N) is 3. The van der Waals surface area contributed by atoms with Crippen molar-refractivity contribution in [2.75, 3.05) is 13.7 Å². The summed E-state index contributed by atoms with van der Waals surface area (Å²) in [4.78, 5) is 24.6. The average molecular weight is 580 g/mol. The molecular formula is C33H42B2N4O2S. The molecule has 218 valence electrons. The first-order chi connectivity index (χ1) is 20.2. The first-order valence-corrected chi connectivity index (χ1v) is 15.8. The van der Waals surface area contributed by atoms with Crippen LogP contribution in [0.5, 0.6) is 0 Å². The second-order valence-electron chi connectivity index (χ2n) is 11.3. The lowest BCUT2D eigenvalue weighted by molar-refractivity contribution is -0.112. The number of aldehydes is 1. The van der Waals surface area contributed by atoms with Crippen LogP contribution in [0.1, 0.15) is 83.8 Å². The molecule has 0 aromatic heterocycles. The number of ether oxygens (including phenoxy) is 1. The molecule has 1 aliphatic carbocycles. The van der Waals surface area contributed by atoms with Gasteiger partial charge >= 0.3 is 0 Å². The fraction of sp³-hybridized carbons (Fsp3) is 0.485. The molecular weight excluding hydrogens is 538 g/mol. The number of hydrogen-bond acceptors (Lipinski definition) is 6. The van der Waals surface area contributed by atoms with Crippen LogP contribution in [0.3, 0.4) is 0 Å². The summed E-state index contributed by atoms with van der Waals surface area (Å²) in [7, 11) is 15.7. The molecule has 1 N–H and O–H groups in total. The van der Waals surface area contributed by atoms with Crippen LogP contribution in [-0.4, -0.2) is 57.7 Å². The summed E-state index contributed by atoms with van der Waals surface area (Å²) in [6.07, 6.45) is 7.21. The van der Waals surface area contributed by atoms with E-state index in [1.165, 1.54) is 5.57 Å². The monoisotopic (exact) mass is 580 g/mol. The van der Waals surface area contributed by atoms with Gasteiger partial charge < -0.3 is 19.2 Å². The van der Waals surface area contributed by atoms with Gasteiger partial charge in [-0.1, -0.05) is 62.6 Å². The van der Waals surface area contributed by atoms with Crippen LogP contribution in [0, 0.1) is 0 Å². The third kappa shape index (κ3) is 7.05. The minimum atomic E-state index is -1.34. The van der Waals surface area contributed by atoms with Crippen molar-refractivity contribution in [2.45, 2.75) is 95.0 Å². The van der Waals surface area contributed by atoms with E-state index < -0.39 is 10.9 Å². The Kier molecular flexibility index (Phi) is 10.8. The first-order valence-electron chi connectivity index (χ1n) is 15.0. The number of benzene rings is 2. The predicted molar refractivity (Wildman–Crippen MR) is 177 cm³/mol. The van der Waals surface area contributed by atoms with Gasteiger partial charge in [0.1, 0.15) is 17.7 Å². The standard InChI is InChI=1S/C33H42B2N4O2S/c1-6-8-15-30(37-32(22-40)18-11-12-19-32)39(5)33(34,35)26-16-17-27(25(20-26)21-41-7-2)28-13-9-10-14-29(28)42-38-31-23(3)24(4)36-31/h9-10,13-14,16-17,20,22H,6-8,11-12,15,18-19,21H2,1-5H3,(H,36,38). The lowest BCUT2D eigenvalue weighted by Gasteiger charge is -2.41. The average Bonchev–Trinajstić information content (AvgIpc) is 3.48. The van der Waals surface area contributed by atoms with Crippen LogP contribution in [0.15, 0.2) is 68.6 Å². The zero-order chi connectivity index (χ0) is 30.3. The van der Waals surface area contributed by atoms with E-state index in [9.17, 15) is 4.79 Å². The van der Waals surface area contributed by atoms with Crippen molar-refractivity contribution >= 4 is 45.6 Å². The Labute approximate surface area is 258 Å². The van der Waals surface area contributed by atoms with Crippen molar-refractivity contribution in [2.24, 2.45) is 9.98 Å². The number of carbonyl (C=O) groups excluding carboxylic acids is 1. The molecule has 0 amide bonds. The summed E-state index contributed by atoms with van der Waals surface area (Å²) in [6.45, 7) is 9.23. The van der Waals surface area contributed by atoms with Crippen LogP contribution < -0.4 is 4.72 Å². The van der Waals surface area contributed by atoms with E-state index in [1.807, 2.05) is 50.1 Å². The van der Waals surface area contributed by atoms with Crippen LogP contribution in [0.2, 0.25) is 0 Å². The molecule has 6 nitrogen and oxygen atoms in total. The maximum Gasteiger partial charge on any atom is 0.147 e. The Morgan fingerprint density at radius 1 is 1.17 bits per heavy atom. The number of rotatable bonds is 13. The zero-order valence-electron chi connectivity index (χ0n) is 25.7. The number of amidine groups is 2. The topological polar surface area (TPSA) is 66.3 Å². The summed E-state index contributed by atoms with van der Waals surface area (Å²) in [6, 6.07) is 14.4. The molecule has 0 unspecified atom stereocenters. The minimum absolute atomic E-state index is 0.421. The number of aliphatic imine (C=N–C) groups is 2. The van der Waals surface area contributed by atoms with Gasteiger partial charge in [0.25, 0.3) is 0 Å². The third-order valence-electron chi connectivity index (χ3n) is 8.38. The van der Waals surface area contributed by atoms with E-state index in [0.29, 0.717) is 19.6 Å². The Balaban J connectivity index is 1.67. The molecule has 0 atom stereocenters. The molecule has 1 aliphatic heterocycles. The SMILES string of the molecule is [B]C([B])(c1ccc(-c2ccccc2SNC2=NC(C)=C2C)c(COCC)c1)N(C)C(CCCC)=NC1(C=O)CCCC1. The summed E-state index contributed by atoms with van der Waals surface area (Å²) in [5.74, 6) is 1.68. The lowest BCUT2D eigenvalue weighted by atomic mass is 9.56. The molecule has 0 saturated heterocycles. The highest BCUT2D eigenvalue weighted by Gasteiger charge is 2.36. The Morgan fingerprint density at radius 3 is 2.55 bits per heavy atom. The van der Waals surface area contributed by atoms with Crippen molar-refractivity contribution in [3.63, 3.8) is 0 Å². The summed E-state index contributed by atoms with van der Waals surface area (Å²) < 4.78 is 9.31.